The smallest absolute Gasteiger partial charge is 0.313 e. The molecule has 0 atom stereocenters. The van der Waals surface area contributed by atoms with E-state index in [9.17, 15) is 9.59 Å². The first-order valence-electron chi connectivity index (χ1n) is 7.07. The number of rotatable bonds is 5. The van der Waals surface area contributed by atoms with E-state index in [1.54, 1.807) is 31.4 Å². The maximum absolute atomic E-state index is 11.8. The van der Waals surface area contributed by atoms with E-state index < -0.39 is 11.8 Å². The van der Waals surface area contributed by atoms with E-state index in [1.165, 1.54) is 0 Å². The van der Waals surface area contributed by atoms with Gasteiger partial charge in [-0.25, -0.2) is 0 Å². The van der Waals surface area contributed by atoms with Crippen molar-refractivity contribution in [2.75, 3.05) is 19.0 Å². The van der Waals surface area contributed by atoms with Crippen molar-refractivity contribution in [1.82, 2.24) is 5.32 Å². The number of methoxy groups -OCH3 is 1. The Balaban J connectivity index is 1.82. The van der Waals surface area contributed by atoms with Crippen molar-refractivity contribution < 1.29 is 14.3 Å². The molecule has 0 aliphatic heterocycles. The zero-order chi connectivity index (χ0) is 16.7. The zero-order valence-corrected chi connectivity index (χ0v) is 14.2. The molecule has 23 heavy (non-hydrogen) atoms. The van der Waals surface area contributed by atoms with Crippen molar-refractivity contribution in [3.8, 4) is 5.75 Å². The predicted molar refractivity (Wildman–Crippen MR) is 92.5 cm³/mol. The van der Waals surface area contributed by atoms with Crippen molar-refractivity contribution in [3.05, 3.63) is 58.6 Å². The Morgan fingerprint density at radius 1 is 1.04 bits per heavy atom. The maximum atomic E-state index is 11.8. The number of anilines is 1. The first-order chi connectivity index (χ1) is 11.1. The molecule has 120 valence electrons. The van der Waals surface area contributed by atoms with Gasteiger partial charge in [0.25, 0.3) is 0 Å². The highest BCUT2D eigenvalue weighted by atomic mass is 79.9. The summed E-state index contributed by atoms with van der Waals surface area (Å²) in [7, 11) is 1.60. The Morgan fingerprint density at radius 2 is 1.74 bits per heavy atom. The van der Waals surface area contributed by atoms with Crippen LogP contribution in [0.3, 0.4) is 0 Å². The normalized spacial score (nSPS) is 10.0. The van der Waals surface area contributed by atoms with Gasteiger partial charge in [-0.05, 0) is 42.3 Å². The second kappa shape index (κ2) is 8.33. The Bertz CT molecular complexity index is 686. The first kappa shape index (κ1) is 17.0. The molecule has 0 fully saturated rings. The minimum atomic E-state index is -0.688. The number of para-hydroxylation sites is 1. The number of hydrogen-bond acceptors (Lipinski definition) is 3. The Labute approximate surface area is 143 Å². The Hall–Kier alpha value is -2.34. The third kappa shape index (κ3) is 5.10. The third-order valence-corrected chi connectivity index (χ3v) is 3.71. The number of nitrogens with one attached hydrogen (secondary N) is 2. The molecular weight excluding hydrogens is 360 g/mol. The lowest BCUT2D eigenvalue weighted by atomic mass is 10.1. The number of hydrogen-bond donors (Lipinski definition) is 2. The molecule has 0 heterocycles. The molecular formula is C17H17BrN2O3. The van der Waals surface area contributed by atoms with E-state index in [-0.39, 0.29) is 0 Å². The van der Waals surface area contributed by atoms with Crippen LogP contribution in [0.5, 0.6) is 5.75 Å². The second-order valence-electron chi connectivity index (χ2n) is 4.78. The molecule has 0 saturated carbocycles. The van der Waals surface area contributed by atoms with Crippen molar-refractivity contribution in [2.24, 2.45) is 0 Å². The summed E-state index contributed by atoms with van der Waals surface area (Å²) in [6.07, 6.45) is 0.585. The van der Waals surface area contributed by atoms with Gasteiger partial charge in [0.1, 0.15) is 5.75 Å². The molecule has 0 spiro atoms. The second-order valence-corrected chi connectivity index (χ2v) is 5.69. The van der Waals surface area contributed by atoms with Crippen LogP contribution in [0.1, 0.15) is 5.56 Å². The number of carbonyl (C=O) groups excluding carboxylic acids is 2. The van der Waals surface area contributed by atoms with Crippen molar-refractivity contribution in [3.63, 3.8) is 0 Å². The lowest BCUT2D eigenvalue weighted by Gasteiger charge is -2.09. The monoisotopic (exact) mass is 376 g/mol. The van der Waals surface area contributed by atoms with Gasteiger partial charge in [0.05, 0.1) is 7.11 Å². The molecule has 0 aliphatic rings. The van der Waals surface area contributed by atoms with Crippen LogP contribution < -0.4 is 15.4 Å². The molecule has 6 heteroatoms. The molecule has 0 radical (unpaired) electrons. The molecule has 0 unspecified atom stereocenters. The van der Waals surface area contributed by atoms with Crippen LogP contribution >= 0.6 is 15.9 Å². The van der Waals surface area contributed by atoms with Gasteiger partial charge in [-0.3, -0.25) is 9.59 Å². The fourth-order valence-electron chi connectivity index (χ4n) is 2.02. The highest BCUT2D eigenvalue weighted by molar-refractivity contribution is 9.10. The summed E-state index contributed by atoms with van der Waals surface area (Å²) in [4.78, 5) is 23.6. The van der Waals surface area contributed by atoms with E-state index in [0.29, 0.717) is 18.7 Å². The van der Waals surface area contributed by atoms with Crippen molar-refractivity contribution >= 4 is 33.4 Å². The van der Waals surface area contributed by atoms with Crippen LogP contribution in [0, 0.1) is 0 Å². The quantitative estimate of drug-likeness (QED) is 0.788. The minimum absolute atomic E-state index is 0.354. The van der Waals surface area contributed by atoms with Gasteiger partial charge in [0.2, 0.25) is 0 Å². The van der Waals surface area contributed by atoms with Crippen LogP contribution in [0.15, 0.2) is 53.0 Å². The molecule has 5 nitrogen and oxygen atoms in total. The van der Waals surface area contributed by atoms with Crippen LogP contribution in [0.25, 0.3) is 0 Å². The van der Waals surface area contributed by atoms with E-state index in [4.69, 9.17) is 4.74 Å². The van der Waals surface area contributed by atoms with Gasteiger partial charge in [-0.2, -0.15) is 0 Å². The fraction of sp³-hybridized carbons (Fsp3) is 0.176. The lowest BCUT2D eigenvalue weighted by Crippen LogP contribution is -2.36. The summed E-state index contributed by atoms with van der Waals surface area (Å²) in [6, 6.07) is 14.6. The number of amides is 2. The molecule has 0 saturated heterocycles. The molecule has 2 aromatic carbocycles. The topological polar surface area (TPSA) is 67.4 Å². The summed E-state index contributed by atoms with van der Waals surface area (Å²) in [5, 5.41) is 5.14. The fourth-order valence-corrected chi connectivity index (χ4v) is 2.29. The largest absolute Gasteiger partial charge is 0.496 e. The molecule has 2 amide bonds. The minimum Gasteiger partial charge on any atom is -0.496 e. The van der Waals surface area contributed by atoms with Gasteiger partial charge in [0.15, 0.2) is 0 Å². The molecule has 0 aromatic heterocycles. The van der Waals surface area contributed by atoms with E-state index in [0.717, 1.165) is 15.8 Å². The summed E-state index contributed by atoms with van der Waals surface area (Å²) < 4.78 is 6.14. The van der Waals surface area contributed by atoms with Crippen LogP contribution in [0.2, 0.25) is 0 Å². The number of benzene rings is 2. The van der Waals surface area contributed by atoms with E-state index >= 15 is 0 Å². The molecule has 2 N–H and O–H groups in total. The molecule has 0 bridgehead atoms. The number of carbonyl (C=O) groups is 2. The van der Waals surface area contributed by atoms with Crippen LogP contribution in [-0.2, 0) is 16.0 Å². The van der Waals surface area contributed by atoms with Crippen molar-refractivity contribution in [2.45, 2.75) is 6.42 Å². The van der Waals surface area contributed by atoms with E-state index in [1.807, 2.05) is 24.3 Å². The Morgan fingerprint density at radius 3 is 2.43 bits per heavy atom. The predicted octanol–water partition coefficient (Wildman–Crippen LogP) is 2.76. The number of halogens is 1. The van der Waals surface area contributed by atoms with Gasteiger partial charge in [-0.15, -0.1) is 0 Å². The maximum Gasteiger partial charge on any atom is 0.313 e. The summed E-state index contributed by atoms with van der Waals surface area (Å²) in [6.45, 7) is 0.354. The van der Waals surface area contributed by atoms with Crippen LogP contribution in [0.4, 0.5) is 5.69 Å². The van der Waals surface area contributed by atoms with Gasteiger partial charge < -0.3 is 15.4 Å². The average molecular weight is 377 g/mol. The molecule has 0 aliphatic carbocycles. The van der Waals surface area contributed by atoms with Crippen LogP contribution in [-0.4, -0.2) is 25.5 Å². The van der Waals surface area contributed by atoms with Gasteiger partial charge >= 0.3 is 11.8 Å². The lowest BCUT2D eigenvalue weighted by molar-refractivity contribution is -0.136. The average Bonchev–Trinajstić information content (AvgIpc) is 2.57. The van der Waals surface area contributed by atoms with Crippen molar-refractivity contribution in [1.29, 1.82) is 0 Å². The summed E-state index contributed by atoms with van der Waals surface area (Å²) in [5.74, 6) is -0.587. The highest BCUT2D eigenvalue weighted by Crippen LogP contribution is 2.17. The van der Waals surface area contributed by atoms with Gasteiger partial charge in [-0.1, -0.05) is 34.1 Å². The zero-order valence-electron chi connectivity index (χ0n) is 12.6. The summed E-state index contributed by atoms with van der Waals surface area (Å²) >= 11 is 3.31. The van der Waals surface area contributed by atoms with Gasteiger partial charge in [0, 0.05) is 16.7 Å². The summed E-state index contributed by atoms with van der Waals surface area (Å²) in [5.41, 5.74) is 1.54. The standard InChI is InChI=1S/C17H17BrN2O3/c1-23-15-5-3-2-4-12(15)10-11-19-16(21)17(22)20-14-8-6-13(18)7-9-14/h2-9H,10-11H2,1H3,(H,19,21)(H,20,22). The SMILES string of the molecule is COc1ccccc1CCNC(=O)C(=O)Nc1ccc(Br)cc1. The van der Waals surface area contributed by atoms with E-state index in [2.05, 4.69) is 26.6 Å². The highest BCUT2D eigenvalue weighted by Gasteiger charge is 2.13. The first-order valence-corrected chi connectivity index (χ1v) is 7.86. The molecule has 2 rings (SSSR count). The number of ether oxygens (including phenoxy) is 1. The third-order valence-electron chi connectivity index (χ3n) is 3.18. The molecule has 2 aromatic rings. The Kier molecular flexibility index (Phi) is 6.17.